The van der Waals surface area contributed by atoms with E-state index in [0.29, 0.717) is 5.02 Å². The van der Waals surface area contributed by atoms with Crippen LogP contribution in [0.5, 0.6) is 0 Å². The summed E-state index contributed by atoms with van der Waals surface area (Å²) >= 11 is 6.04. The van der Waals surface area contributed by atoms with E-state index in [9.17, 15) is 4.79 Å². The molecule has 1 atom stereocenters. The van der Waals surface area contributed by atoms with E-state index in [1.165, 1.54) is 0 Å². The van der Waals surface area contributed by atoms with Crippen LogP contribution in [-0.2, 0) is 0 Å². The second-order valence-corrected chi connectivity index (χ2v) is 4.98. The molecule has 2 aromatic rings. The van der Waals surface area contributed by atoms with Crippen molar-refractivity contribution >= 4 is 23.2 Å². The summed E-state index contributed by atoms with van der Waals surface area (Å²) in [5.41, 5.74) is 2.57. The van der Waals surface area contributed by atoms with Crippen LogP contribution in [0.15, 0.2) is 42.7 Å². The summed E-state index contributed by atoms with van der Waals surface area (Å²) in [6.07, 6.45) is 4.26. The normalized spacial score (nSPS) is 17.7. The molecule has 96 valence electrons. The number of carbonyl (C=O) groups excluding carboxylic acids is 1. The third-order valence-electron chi connectivity index (χ3n) is 3.44. The van der Waals surface area contributed by atoms with Crippen LogP contribution in [0, 0.1) is 0 Å². The third-order valence-corrected chi connectivity index (χ3v) is 3.68. The number of pyridine rings is 1. The van der Waals surface area contributed by atoms with E-state index >= 15 is 0 Å². The lowest BCUT2D eigenvalue weighted by molar-refractivity contribution is 0.0990. The minimum atomic E-state index is 0.0199. The van der Waals surface area contributed by atoms with Gasteiger partial charge in [-0.2, -0.15) is 0 Å². The van der Waals surface area contributed by atoms with Crippen molar-refractivity contribution in [1.29, 1.82) is 0 Å². The summed E-state index contributed by atoms with van der Waals surface area (Å²) in [5.74, 6) is 0.0199. The van der Waals surface area contributed by atoms with E-state index in [1.807, 2.05) is 18.2 Å². The van der Waals surface area contributed by atoms with Crippen molar-refractivity contribution in [2.24, 2.45) is 0 Å². The fourth-order valence-electron chi connectivity index (χ4n) is 2.61. The van der Waals surface area contributed by atoms with Gasteiger partial charge >= 0.3 is 0 Å². The van der Waals surface area contributed by atoms with E-state index in [0.717, 1.165) is 23.2 Å². The first-order valence-electron chi connectivity index (χ1n) is 6.25. The Balaban J connectivity index is 2.12. The molecule has 1 aliphatic heterocycles. The number of benzene rings is 1. The van der Waals surface area contributed by atoms with Gasteiger partial charge in [-0.3, -0.25) is 14.7 Å². The Hall–Kier alpha value is -1.87. The van der Waals surface area contributed by atoms with Gasteiger partial charge in [-0.25, -0.2) is 0 Å². The molecule has 0 radical (unpaired) electrons. The number of hydrogen-bond acceptors (Lipinski definition) is 2. The summed E-state index contributed by atoms with van der Waals surface area (Å²) < 4.78 is 0. The highest BCUT2D eigenvalue weighted by Gasteiger charge is 2.36. The summed E-state index contributed by atoms with van der Waals surface area (Å²) in [4.78, 5) is 18.4. The van der Waals surface area contributed by atoms with Crippen molar-refractivity contribution in [3.8, 4) is 0 Å². The Kier molecular flexibility index (Phi) is 2.99. The number of aromatic nitrogens is 1. The number of hydrogen-bond donors (Lipinski definition) is 0. The van der Waals surface area contributed by atoms with Crippen LogP contribution >= 0.6 is 11.6 Å². The molecule has 1 aliphatic rings. The zero-order chi connectivity index (χ0) is 13.4. The Morgan fingerprint density at radius 2 is 2.21 bits per heavy atom. The minimum absolute atomic E-state index is 0.0199. The van der Waals surface area contributed by atoms with Crippen molar-refractivity contribution in [2.75, 3.05) is 4.90 Å². The molecule has 2 heterocycles. The van der Waals surface area contributed by atoms with Gasteiger partial charge in [0.1, 0.15) is 0 Å². The van der Waals surface area contributed by atoms with Gasteiger partial charge in [0.2, 0.25) is 0 Å². The van der Waals surface area contributed by atoms with Crippen molar-refractivity contribution in [3.05, 3.63) is 58.9 Å². The molecule has 19 heavy (non-hydrogen) atoms. The van der Waals surface area contributed by atoms with Crippen molar-refractivity contribution in [1.82, 2.24) is 4.98 Å². The lowest BCUT2D eigenvalue weighted by atomic mass is 10.0. The molecule has 1 aromatic heterocycles. The highest BCUT2D eigenvalue weighted by Crippen LogP contribution is 2.39. The van der Waals surface area contributed by atoms with E-state index in [-0.39, 0.29) is 11.9 Å². The Bertz CT molecular complexity index is 627. The van der Waals surface area contributed by atoms with Gasteiger partial charge in [0, 0.05) is 16.8 Å². The molecule has 0 fully saturated rings. The zero-order valence-electron chi connectivity index (χ0n) is 10.5. The predicted molar refractivity (Wildman–Crippen MR) is 75.5 cm³/mol. The number of carbonyl (C=O) groups is 1. The van der Waals surface area contributed by atoms with Crippen molar-refractivity contribution in [3.63, 3.8) is 0 Å². The molecule has 3 rings (SSSR count). The second kappa shape index (κ2) is 4.67. The zero-order valence-corrected chi connectivity index (χ0v) is 11.3. The molecule has 0 N–H and O–H groups in total. The minimum Gasteiger partial charge on any atom is -0.299 e. The molecule has 1 amide bonds. The molecule has 3 nitrogen and oxygen atoms in total. The standard InChI is InChI=1S/C15H13ClN2O/c1-2-14-13-8-10(16)5-6-12(13)15(19)18(14)11-4-3-7-17-9-11/h3-9,14H,2H2,1H3. The SMILES string of the molecule is CCC1c2cc(Cl)ccc2C(=O)N1c1cccnc1. The first kappa shape index (κ1) is 12.2. The summed E-state index contributed by atoms with van der Waals surface area (Å²) in [5, 5.41) is 0.665. The van der Waals surface area contributed by atoms with Crippen LogP contribution < -0.4 is 4.90 Å². The monoisotopic (exact) mass is 272 g/mol. The van der Waals surface area contributed by atoms with E-state index in [2.05, 4.69) is 11.9 Å². The number of nitrogens with zero attached hydrogens (tertiary/aromatic N) is 2. The van der Waals surface area contributed by atoms with Gasteiger partial charge in [-0.1, -0.05) is 18.5 Å². The lowest BCUT2D eigenvalue weighted by Crippen LogP contribution is -2.27. The molecule has 1 unspecified atom stereocenters. The molecule has 0 spiro atoms. The Morgan fingerprint density at radius 3 is 2.89 bits per heavy atom. The summed E-state index contributed by atoms with van der Waals surface area (Å²) in [6, 6.07) is 9.23. The average molecular weight is 273 g/mol. The molecule has 0 bridgehead atoms. The van der Waals surface area contributed by atoms with Crippen LogP contribution in [0.1, 0.15) is 35.3 Å². The average Bonchev–Trinajstić information content (AvgIpc) is 2.71. The summed E-state index contributed by atoms with van der Waals surface area (Å²) in [7, 11) is 0. The quantitative estimate of drug-likeness (QED) is 0.832. The molecule has 4 heteroatoms. The Labute approximate surface area is 116 Å². The summed E-state index contributed by atoms with van der Waals surface area (Å²) in [6.45, 7) is 2.07. The largest absolute Gasteiger partial charge is 0.299 e. The van der Waals surface area contributed by atoms with E-state index in [4.69, 9.17) is 11.6 Å². The maximum absolute atomic E-state index is 12.5. The van der Waals surface area contributed by atoms with Crippen molar-refractivity contribution < 1.29 is 4.79 Å². The predicted octanol–water partition coefficient (Wildman–Crippen LogP) is 3.85. The van der Waals surface area contributed by atoms with Gasteiger partial charge in [0.25, 0.3) is 5.91 Å². The maximum Gasteiger partial charge on any atom is 0.259 e. The molecule has 0 saturated heterocycles. The maximum atomic E-state index is 12.5. The van der Waals surface area contributed by atoms with Crippen LogP contribution in [0.3, 0.4) is 0 Å². The van der Waals surface area contributed by atoms with E-state index < -0.39 is 0 Å². The van der Waals surface area contributed by atoms with Gasteiger partial charge in [-0.05, 0) is 42.3 Å². The van der Waals surface area contributed by atoms with Gasteiger partial charge in [0.05, 0.1) is 17.9 Å². The molecule has 0 aliphatic carbocycles. The second-order valence-electron chi connectivity index (χ2n) is 4.54. The number of rotatable bonds is 2. The topological polar surface area (TPSA) is 33.2 Å². The van der Waals surface area contributed by atoms with Gasteiger partial charge in [-0.15, -0.1) is 0 Å². The lowest BCUT2D eigenvalue weighted by Gasteiger charge is -2.24. The van der Waals surface area contributed by atoms with Gasteiger partial charge in [0.15, 0.2) is 0 Å². The fourth-order valence-corrected chi connectivity index (χ4v) is 2.79. The molecular weight excluding hydrogens is 260 g/mol. The fraction of sp³-hybridized carbons (Fsp3) is 0.200. The first-order chi connectivity index (χ1) is 9.22. The first-order valence-corrected chi connectivity index (χ1v) is 6.63. The number of anilines is 1. The van der Waals surface area contributed by atoms with Crippen LogP contribution in [0.4, 0.5) is 5.69 Å². The van der Waals surface area contributed by atoms with Gasteiger partial charge < -0.3 is 0 Å². The van der Waals surface area contributed by atoms with Crippen LogP contribution in [0.25, 0.3) is 0 Å². The Morgan fingerprint density at radius 1 is 1.37 bits per heavy atom. The number of fused-ring (bicyclic) bond motifs is 1. The molecule has 1 aromatic carbocycles. The number of amides is 1. The third kappa shape index (κ3) is 1.90. The van der Waals surface area contributed by atoms with Crippen LogP contribution in [-0.4, -0.2) is 10.9 Å². The molecular formula is C15H13ClN2O. The highest BCUT2D eigenvalue weighted by atomic mass is 35.5. The molecule has 0 saturated carbocycles. The highest BCUT2D eigenvalue weighted by molar-refractivity contribution is 6.31. The van der Waals surface area contributed by atoms with Crippen molar-refractivity contribution in [2.45, 2.75) is 19.4 Å². The smallest absolute Gasteiger partial charge is 0.259 e. The van der Waals surface area contributed by atoms with Crippen LogP contribution in [0.2, 0.25) is 5.02 Å². The number of halogens is 1. The van der Waals surface area contributed by atoms with E-state index in [1.54, 1.807) is 29.4 Å².